The molecule has 0 bridgehead atoms. The predicted molar refractivity (Wildman–Crippen MR) is 101 cm³/mol. The maximum Gasteiger partial charge on any atom is 0.230 e. The third-order valence-corrected chi connectivity index (χ3v) is 4.88. The smallest absolute Gasteiger partial charge is 0.230 e. The van der Waals surface area contributed by atoms with Gasteiger partial charge in [-0.15, -0.1) is 10.2 Å². The molecular formula is C18H17ClN4OS. The van der Waals surface area contributed by atoms with Gasteiger partial charge in [0.15, 0.2) is 11.0 Å². The molecule has 0 saturated heterocycles. The fourth-order valence-electron chi connectivity index (χ4n) is 2.38. The van der Waals surface area contributed by atoms with Crippen LogP contribution in [0.25, 0.3) is 17.1 Å². The van der Waals surface area contributed by atoms with Crippen molar-refractivity contribution in [2.24, 2.45) is 0 Å². The second kappa shape index (κ2) is 7.72. The van der Waals surface area contributed by atoms with E-state index >= 15 is 0 Å². The van der Waals surface area contributed by atoms with Gasteiger partial charge < -0.3 is 5.32 Å². The zero-order valence-corrected chi connectivity index (χ0v) is 15.4. The molecule has 2 aromatic carbocycles. The third-order valence-electron chi connectivity index (χ3n) is 3.70. The van der Waals surface area contributed by atoms with Crippen molar-refractivity contribution in [3.8, 4) is 17.1 Å². The van der Waals surface area contributed by atoms with Gasteiger partial charge in [-0.25, -0.2) is 0 Å². The van der Waals surface area contributed by atoms with Gasteiger partial charge in [0.25, 0.3) is 0 Å². The zero-order valence-electron chi connectivity index (χ0n) is 13.9. The minimum Gasteiger partial charge on any atom is -0.358 e. The summed E-state index contributed by atoms with van der Waals surface area (Å²) in [4.78, 5) is 11.6. The topological polar surface area (TPSA) is 59.8 Å². The Labute approximate surface area is 155 Å². The molecule has 1 aromatic heterocycles. The monoisotopic (exact) mass is 372 g/mol. The van der Waals surface area contributed by atoms with E-state index in [1.54, 1.807) is 7.05 Å². The van der Waals surface area contributed by atoms with Crippen LogP contribution < -0.4 is 5.32 Å². The Morgan fingerprint density at radius 2 is 1.88 bits per heavy atom. The van der Waals surface area contributed by atoms with Gasteiger partial charge in [-0.05, 0) is 42.8 Å². The van der Waals surface area contributed by atoms with Crippen molar-refractivity contribution in [1.29, 1.82) is 0 Å². The number of thioether (sulfide) groups is 1. The minimum absolute atomic E-state index is 0.0580. The van der Waals surface area contributed by atoms with Gasteiger partial charge in [0.1, 0.15) is 0 Å². The van der Waals surface area contributed by atoms with Gasteiger partial charge in [-0.1, -0.05) is 41.6 Å². The SMILES string of the molecule is CNC(=O)CSc1nnc(-c2ccc(Cl)cc2)n1-c1ccccc1C. The lowest BCUT2D eigenvalue weighted by molar-refractivity contribution is -0.118. The van der Waals surface area contributed by atoms with Crippen LogP contribution in [0.1, 0.15) is 5.56 Å². The quantitative estimate of drug-likeness (QED) is 0.693. The summed E-state index contributed by atoms with van der Waals surface area (Å²) in [5.74, 6) is 0.934. The van der Waals surface area contributed by atoms with Crippen molar-refractivity contribution in [3.63, 3.8) is 0 Å². The molecule has 1 heterocycles. The molecule has 0 radical (unpaired) electrons. The molecule has 0 atom stereocenters. The maximum absolute atomic E-state index is 11.6. The fourth-order valence-corrected chi connectivity index (χ4v) is 3.33. The number of amides is 1. The summed E-state index contributed by atoms with van der Waals surface area (Å²) in [6.45, 7) is 2.04. The van der Waals surface area contributed by atoms with Crippen molar-refractivity contribution in [2.45, 2.75) is 12.1 Å². The highest BCUT2D eigenvalue weighted by Crippen LogP contribution is 2.29. The Bertz CT molecular complexity index is 892. The van der Waals surface area contributed by atoms with Gasteiger partial charge >= 0.3 is 0 Å². The first-order valence-corrected chi connectivity index (χ1v) is 9.07. The summed E-state index contributed by atoms with van der Waals surface area (Å²) in [5.41, 5.74) is 2.99. The first-order valence-electron chi connectivity index (χ1n) is 7.71. The summed E-state index contributed by atoms with van der Waals surface area (Å²) in [6, 6.07) is 15.5. The van der Waals surface area contributed by atoms with Crippen LogP contribution >= 0.6 is 23.4 Å². The molecule has 0 aliphatic rings. The molecule has 0 unspecified atom stereocenters. The van der Waals surface area contributed by atoms with E-state index < -0.39 is 0 Å². The Balaban J connectivity index is 2.09. The molecule has 1 amide bonds. The van der Waals surface area contributed by atoms with E-state index in [2.05, 4.69) is 15.5 Å². The number of carbonyl (C=O) groups excluding carboxylic acids is 1. The Hall–Kier alpha value is -2.31. The maximum atomic E-state index is 11.6. The van der Waals surface area contributed by atoms with E-state index in [-0.39, 0.29) is 11.7 Å². The van der Waals surface area contributed by atoms with Crippen molar-refractivity contribution in [1.82, 2.24) is 20.1 Å². The van der Waals surface area contributed by atoms with E-state index in [4.69, 9.17) is 11.6 Å². The summed E-state index contributed by atoms with van der Waals surface area (Å²) in [5, 5.41) is 12.6. The van der Waals surface area contributed by atoms with Gasteiger partial charge in [0.2, 0.25) is 5.91 Å². The van der Waals surface area contributed by atoms with Crippen LogP contribution in [0.5, 0.6) is 0 Å². The van der Waals surface area contributed by atoms with Crippen molar-refractivity contribution < 1.29 is 4.79 Å². The number of hydrogen-bond donors (Lipinski definition) is 1. The molecule has 0 aliphatic heterocycles. The molecule has 128 valence electrons. The lowest BCUT2D eigenvalue weighted by Crippen LogP contribution is -2.20. The van der Waals surface area contributed by atoms with Gasteiger partial charge in [0, 0.05) is 17.6 Å². The summed E-state index contributed by atoms with van der Waals surface area (Å²) >= 11 is 7.35. The predicted octanol–water partition coefficient (Wildman–Crippen LogP) is 3.73. The average Bonchev–Trinajstić information content (AvgIpc) is 3.04. The van der Waals surface area contributed by atoms with Crippen LogP contribution in [0.15, 0.2) is 53.7 Å². The van der Waals surface area contributed by atoms with Crippen LogP contribution in [-0.2, 0) is 4.79 Å². The Kier molecular flexibility index (Phi) is 5.40. The second-order valence-corrected chi connectivity index (χ2v) is 6.78. The lowest BCUT2D eigenvalue weighted by atomic mass is 10.1. The van der Waals surface area contributed by atoms with Crippen LogP contribution in [0.2, 0.25) is 5.02 Å². The van der Waals surface area contributed by atoms with Crippen molar-refractivity contribution in [3.05, 3.63) is 59.1 Å². The van der Waals surface area contributed by atoms with Crippen LogP contribution in [-0.4, -0.2) is 33.5 Å². The molecule has 25 heavy (non-hydrogen) atoms. The largest absolute Gasteiger partial charge is 0.358 e. The molecule has 3 aromatic rings. The summed E-state index contributed by atoms with van der Waals surface area (Å²) < 4.78 is 1.98. The Morgan fingerprint density at radius 3 is 2.56 bits per heavy atom. The number of nitrogens with zero attached hydrogens (tertiary/aromatic N) is 3. The molecule has 0 saturated carbocycles. The summed E-state index contributed by atoms with van der Waals surface area (Å²) in [7, 11) is 1.62. The number of benzene rings is 2. The standard InChI is InChI=1S/C18H17ClN4OS/c1-12-5-3-4-6-15(12)23-17(13-7-9-14(19)10-8-13)21-22-18(23)25-11-16(24)20-2/h3-10H,11H2,1-2H3,(H,20,24). The van der Waals surface area contributed by atoms with Crippen molar-refractivity contribution >= 4 is 29.3 Å². The zero-order chi connectivity index (χ0) is 17.8. The van der Waals surface area contributed by atoms with Gasteiger partial charge in [-0.2, -0.15) is 0 Å². The lowest BCUT2D eigenvalue weighted by Gasteiger charge is -2.12. The van der Waals surface area contributed by atoms with Gasteiger partial charge in [-0.3, -0.25) is 9.36 Å². The van der Waals surface area contributed by atoms with Crippen molar-refractivity contribution in [2.75, 3.05) is 12.8 Å². The Morgan fingerprint density at radius 1 is 1.16 bits per heavy atom. The molecule has 5 nitrogen and oxygen atoms in total. The first kappa shape index (κ1) is 17.5. The summed E-state index contributed by atoms with van der Waals surface area (Å²) in [6.07, 6.45) is 0. The average molecular weight is 373 g/mol. The molecule has 0 fully saturated rings. The van der Waals surface area contributed by atoms with Gasteiger partial charge in [0.05, 0.1) is 11.4 Å². The first-order chi connectivity index (χ1) is 12.1. The van der Waals surface area contributed by atoms with E-state index in [1.165, 1.54) is 11.8 Å². The van der Waals surface area contributed by atoms with E-state index in [1.807, 2.05) is 60.0 Å². The molecular weight excluding hydrogens is 356 g/mol. The number of hydrogen-bond acceptors (Lipinski definition) is 4. The second-order valence-electron chi connectivity index (χ2n) is 5.40. The number of aromatic nitrogens is 3. The molecule has 7 heteroatoms. The number of carbonyl (C=O) groups is 1. The highest BCUT2D eigenvalue weighted by atomic mass is 35.5. The number of rotatable bonds is 5. The molecule has 1 N–H and O–H groups in total. The minimum atomic E-state index is -0.0580. The van der Waals surface area contributed by atoms with E-state index in [0.717, 1.165) is 16.8 Å². The number of nitrogens with one attached hydrogen (secondary N) is 1. The molecule has 0 aliphatic carbocycles. The molecule has 0 spiro atoms. The number of para-hydroxylation sites is 1. The van der Waals surface area contributed by atoms with E-state index in [0.29, 0.717) is 16.0 Å². The van der Waals surface area contributed by atoms with Crippen LogP contribution in [0.3, 0.4) is 0 Å². The normalized spacial score (nSPS) is 10.7. The van der Waals surface area contributed by atoms with Crippen LogP contribution in [0, 0.1) is 6.92 Å². The van der Waals surface area contributed by atoms with Crippen LogP contribution in [0.4, 0.5) is 0 Å². The molecule has 3 rings (SSSR count). The van der Waals surface area contributed by atoms with E-state index in [9.17, 15) is 4.79 Å². The third kappa shape index (κ3) is 3.86. The highest BCUT2D eigenvalue weighted by molar-refractivity contribution is 7.99. The number of halogens is 1. The fraction of sp³-hybridized carbons (Fsp3) is 0.167. The highest BCUT2D eigenvalue weighted by Gasteiger charge is 2.18. The number of aryl methyl sites for hydroxylation is 1.